The number of benzene rings is 1. The van der Waals surface area contributed by atoms with Crippen LogP contribution >= 0.6 is 0 Å². The standard InChI is InChI=1S/C22H30F2N2O3/c1-25(2)19-6-14-10-26(11-15(14)7-20(19)29-12-13-4-5-13)22(27)21-17(23)8-16(28-3)9-18(21)24/h8-9,13-15,19-20H,4-7,10-12H2,1-3H3/t14-,15+,19-,20-/m1/s1. The smallest absolute Gasteiger partial charge is 0.259 e. The third kappa shape index (κ3) is 4.26. The molecule has 0 unspecified atom stereocenters. The van der Waals surface area contributed by atoms with Crippen LogP contribution in [0, 0.1) is 29.4 Å². The third-order valence-corrected chi connectivity index (χ3v) is 6.74. The predicted molar refractivity (Wildman–Crippen MR) is 105 cm³/mol. The Morgan fingerprint density at radius 2 is 1.76 bits per heavy atom. The van der Waals surface area contributed by atoms with E-state index < -0.39 is 23.1 Å². The number of halogens is 2. The van der Waals surface area contributed by atoms with Crippen molar-refractivity contribution in [1.29, 1.82) is 0 Å². The summed E-state index contributed by atoms with van der Waals surface area (Å²) >= 11 is 0. The van der Waals surface area contributed by atoms with Crippen molar-refractivity contribution in [3.63, 3.8) is 0 Å². The number of rotatable bonds is 6. The molecule has 0 radical (unpaired) electrons. The summed E-state index contributed by atoms with van der Waals surface area (Å²) in [7, 11) is 5.47. The number of fused-ring (bicyclic) bond motifs is 1. The van der Waals surface area contributed by atoms with Crippen LogP contribution in [-0.4, -0.2) is 68.8 Å². The molecule has 160 valence electrons. The zero-order chi connectivity index (χ0) is 20.7. The molecule has 7 heteroatoms. The molecule has 4 atom stereocenters. The molecule has 1 aromatic rings. The van der Waals surface area contributed by atoms with E-state index >= 15 is 0 Å². The minimum Gasteiger partial charge on any atom is -0.497 e. The predicted octanol–water partition coefficient (Wildman–Crippen LogP) is 3.18. The maximum Gasteiger partial charge on any atom is 0.259 e. The molecule has 0 aromatic heterocycles. The van der Waals surface area contributed by atoms with Crippen LogP contribution in [0.5, 0.6) is 5.75 Å². The van der Waals surface area contributed by atoms with Gasteiger partial charge in [0, 0.05) is 37.9 Å². The van der Waals surface area contributed by atoms with E-state index in [4.69, 9.17) is 9.47 Å². The fourth-order valence-electron chi connectivity index (χ4n) is 4.85. The van der Waals surface area contributed by atoms with Gasteiger partial charge in [0.05, 0.1) is 13.2 Å². The molecule has 0 spiro atoms. The molecule has 29 heavy (non-hydrogen) atoms. The van der Waals surface area contributed by atoms with E-state index in [1.807, 2.05) is 0 Å². The molecular formula is C22H30F2N2O3. The van der Waals surface area contributed by atoms with Crippen molar-refractivity contribution >= 4 is 5.91 Å². The second-order valence-corrected chi connectivity index (χ2v) is 9.01. The van der Waals surface area contributed by atoms with Crippen LogP contribution in [0.25, 0.3) is 0 Å². The summed E-state index contributed by atoms with van der Waals surface area (Å²) in [5.41, 5.74) is -0.491. The van der Waals surface area contributed by atoms with Gasteiger partial charge in [0.15, 0.2) is 0 Å². The lowest BCUT2D eigenvalue weighted by atomic mass is 9.77. The van der Waals surface area contributed by atoms with Crippen molar-refractivity contribution in [3.05, 3.63) is 29.3 Å². The van der Waals surface area contributed by atoms with Crippen molar-refractivity contribution in [2.75, 3.05) is 40.9 Å². The van der Waals surface area contributed by atoms with Gasteiger partial charge < -0.3 is 19.3 Å². The Kier molecular flexibility index (Phi) is 5.80. The quantitative estimate of drug-likeness (QED) is 0.725. The van der Waals surface area contributed by atoms with Crippen LogP contribution in [0.2, 0.25) is 0 Å². The minimum absolute atomic E-state index is 0.0659. The molecule has 3 fully saturated rings. The summed E-state index contributed by atoms with van der Waals surface area (Å²) < 4.78 is 39.9. The average Bonchev–Trinajstić information content (AvgIpc) is 3.41. The van der Waals surface area contributed by atoms with Gasteiger partial charge in [0.1, 0.15) is 22.9 Å². The van der Waals surface area contributed by atoms with Crippen molar-refractivity contribution in [1.82, 2.24) is 9.80 Å². The summed E-state index contributed by atoms with van der Waals surface area (Å²) in [5.74, 6) is -0.916. The molecule has 4 rings (SSSR count). The molecule has 1 saturated heterocycles. The van der Waals surface area contributed by atoms with Crippen molar-refractivity contribution < 1.29 is 23.0 Å². The Labute approximate surface area is 170 Å². The van der Waals surface area contributed by atoms with Crippen molar-refractivity contribution in [2.45, 2.75) is 37.8 Å². The Bertz CT molecular complexity index is 745. The highest BCUT2D eigenvalue weighted by Crippen LogP contribution is 2.40. The molecule has 1 amide bonds. The van der Waals surface area contributed by atoms with Gasteiger partial charge in [0.25, 0.3) is 5.91 Å². The summed E-state index contributed by atoms with van der Waals surface area (Å²) in [6.07, 6.45) is 4.48. The zero-order valence-corrected chi connectivity index (χ0v) is 17.4. The number of carbonyl (C=O) groups is 1. The van der Waals surface area contributed by atoms with Crippen LogP contribution in [0.15, 0.2) is 12.1 Å². The first-order chi connectivity index (χ1) is 13.9. The fraction of sp³-hybridized carbons (Fsp3) is 0.682. The second-order valence-electron chi connectivity index (χ2n) is 9.01. The Morgan fingerprint density at radius 3 is 2.31 bits per heavy atom. The number of carbonyl (C=O) groups excluding carboxylic acids is 1. The summed E-state index contributed by atoms with van der Waals surface area (Å²) in [4.78, 5) is 16.7. The van der Waals surface area contributed by atoms with Crippen LogP contribution in [0.1, 0.15) is 36.0 Å². The van der Waals surface area contributed by atoms with Gasteiger partial charge in [-0.05, 0) is 57.5 Å². The lowest BCUT2D eigenvalue weighted by molar-refractivity contribution is -0.0493. The number of amides is 1. The maximum absolute atomic E-state index is 14.4. The van der Waals surface area contributed by atoms with Gasteiger partial charge in [-0.3, -0.25) is 4.79 Å². The number of methoxy groups -OCH3 is 1. The van der Waals surface area contributed by atoms with Gasteiger partial charge in [-0.15, -0.1) is 0 Å². The molecule has 1 aromatic carbocycles. The van der Waals surface area contributed by atoms with Gasteiger partial charge in [-0.25, -0.2) is 8.78 Å². The molecule has 2 aliphatic carbocycles. The Morgan fingerprint density at radius 1 is 1.14 bits per heavy atom. The number of likely N-dealkylation sites (tertiary alicyclic amines) is 1. The fourth-order valence-corrected chi connectivity index (χ4v) is 4.85. The van der Waals surface area contributed by atoms with Crippen LogP contribution < -0.4 is 4.74 Å². The van der Waals surface area contributed by atoms with Crippen molar-refractivity contribution in [2.24, 2.45) is 17.8 Å². The second kappa shape index (κ2) is 8.19. The molecule has 3 aliphatic rings. The monoisotopic (exact) mass is 408 g/mol. The average molecular weight is 408 g/mol. The lowest BCUT2D eigenvalue weighted by Gasteiger charge is -2.41. The number of ether oxygens (including phenoxy) is 2. The van der Waals surface area contributed by atoms with E-state index in [2.05, 4.69) is 19.0 Å². The molecule has 1 aliphatic heterocycles. The highest BCUT2D eigenvalue weighted by atomic mass is 19.1. The van der Waals surface area contributed by atoms with Gasteiger partial charge >= 0.3 is 0 Å². The van der Waals surface area contributed by atoms with Crippen LogP contribution in [-0.2, 0) is 4.74 Å². The first-order valence-electron chi connectivity index (χ1n) is 10.5. The number of hydrogen-bond acceptors (Lipinski definition) is 4. The number of hydrogen-bond donors (Lipinski definition) is 0. The molecule has 1 heterocycles. The van der Waals surface area contributed by atoms with E-state index in [9.17, 15) is 13.6 Å². The summed E-state index contributed by atoms with van der Waals surface area (Å²) in [5, 5.41) is 0. The molecule has 2 saturated carbocycles. The Balaban J connectivity index is 1.47. The number of nitrogens with zero attached hydrogens (tertiary/aromatic N) is 2. The third-order valence-electron chi connectivity index (χ3n) is 6.74. The normalized spacial score (nSPS) is 29.2. The highest BCUT2D eigenvalue weighted by molar-refractivity contribution is 5.95. The topological polar surface area (TPSA) is 42.0 Å². The van der Waals surface area contributed by atoms with Gasteiger partial charge in [-0.1, -0.05) is 0 Å². The zero-order valence-electron chi connectivity index (χ0n) is 17.4. The summed E-state index contributed by atoms with van der Waals surface area (Å²) in [6, 6.07) is 2.42. The van der Waals surface area contributed by atoms with E-state index in [1.54, 1.807) is 4.90 Å². The first-order valence-corrected chi connectivity index (χ1v) is 10.5. The summed E-state index contributed by atoms with van der Waals surface area (Å²) in [6.45, 7) is 1.88. The van der Waals surface area contributed by atoms with E-state index in [1.165, 1.54) is 20.0 Å². The van der Waals surface area contributed by atoms with Crippen LogP contribution in [0.4, 0.5) is 8.78 Å². The molecular weight excluding hydrogens is 378 g/mol. The van der Waals surface area contributed by atoms with E-state index in [-0.39, 0.29) is 11.9 Å². The van der Waals surface area contributed by atoms with Gasteiger partial charge in [0.2, 0.25) is 0 Å². The molecule has 5 nitrogen and oxygen atoms in total. The Hall–Kier alpha value is -1.73. The van der Waals surface area contributed by atoms with Crippen molar-refractivity contribution in [3.8, 4) is 5.75 Å². The lowest BCUT2D eigenvalue weighted by Crippen LogP contribution is -2.48. The van der Waals surface area contributed by atoms with Crippen LogP contribution in [0.3, 0.4) is 0 Å². The molecule has 0 bridgehead atoms. The van der Waals surface area contributed by atoms with E-state index in [0.717, 1.165) is 31.6 Å². The molecule has 0 N–H and O–H groups in total. The number of likely N-dealkylation sites (N-methyl/N-ethyl adjacent to an activating group) is 1. The first kappa shape index (κ1) is 20.5. The maximum atomic E-state index is 14.4. The SMILES string of the molecule is COc1cc(F)c(C(=O)N2C[C@H]3C[C@@H](N(C)C)[C@H](OCC4CC4)C[C@H]3C2)c(F)c1. The van der Waals surface area contributed by atoms with Gasteiger partial charge in [-0.2, -0.15) is 0 Å². The minimum atomic E-state index is -0.876. The highest BCUT2D eigenvalue weighted by Gasteiger charge is 2.45. The van der Waals surface area contributed by atoms with E-state index in [0.29, 0.717) is 36.9 Å². The largest absolute Gasteiger partial charge is 0.497 e.